The standard InChI is InChI=1S/C11H13NO6/c1-6(14)7-2-3-8(9(4-7)12(17)18)11(16)10(15)5-13/h2-4,10-11,13,15-16H,5H2,1H3. The Labute approximate surface area is 102 Å². The number of Topliss-reactive ketones (excluding diaryl/α,β-unsaturated/α-hetero) is 1. The van der Waals surface area contributed by atoms with E-state index < -0.39 is 29.4 Å². The molecule has 0 aliphatic rings. The minimum Gasteiger partial charge on any atom is -0.394 e. The summed E-state index contributed by atoms with van der Waals surface area (Å²) in [5.74, 6) is -0.346. The molecule has 0 heterocycles. The number of hydrogen-bond acceptors (Lipinski definition) is 6. The molecule has 3 N–H and O–H groups in total. The molecule has 1 aromatic carbocycles. The van der Waals surface area contributed by atoms with Crippen LogP contribution in [0.25, 0.3) is 0 Å². The normalized spacial score (nSPS) is 14.0. The van der Waals surface area contributed by atoms with E-state index in [1.54, 1.807) is 0 Å². The Kier molecular flexibility index (Phi) is 4.49. The summed E-state index contributed by atoms with van der Waals surface area (Å²) >= 11 is 0. The van der Waals surface area contributed by atoms with E-state index in [0.717, 1.165) is 6.07 Å². The molecule has 0 spiro atoms. The topological polar surface area (TPSA) is 121 Å². The fraction of sp³-hybridized carbons (Fsp3) is 0.364. The number of aliphatic hydroxyl groups excluding tert-OH is 3. The molecule has 0 saturated carbocycles. The Bertz CT molecular complexity index is 473. The first-order valence-electron chi connectivity index (χ1n) is 5.14. The molecular formula is C11H13NO6. The van der Waals surface area contributed by atoms with Crippen LogP contribution in [0.15, 0.2) is 18.2 Å². The summed E-state index contributed by atoms with van der Waals surface area (Å²) < 4.78 is 0. The lowest BCUT2D eigenvalue weighted by molar-refractivity contribution is -0.386. The van der Waals surface area contributed by atoms with E-state index in [1.807, 2.05) is 0 Å². The van der Waals surface area contributed by atoms with Crippen LogP contribution < -0.4 is 0 Å². The molecule has 7 heteroatoms. The molecule has 98 valence electrons. The molecule has 1 aromatic rings. The van der Waals surface area contributed by atoms with Gasteiger partial charge >= 0.3 is 0 Å². The number of benzene rings is 1. The highest BCUT2D eigenvalue weighted by atomic mass is 16.6. The number of nitrogens with zero attached hydrogens (tertiary/aromatic N) is 1. The minimum atomic E-state index is -1.59. The maximum atomic E-state index is 11.1. The Hall–Kier alpha value is -1.83. The maximum Gasteiger partial charge on any atom is 0.276 e. The molecule has 2 unspecified atom stereocenters. The number of aliphatic hydroxyl groups is 3. The van der Waals surface area contributed by atoms with E-state index in [1.165, 1.54) is 19.1 Å². The summed E-state index contributed by atoms with van der Waals surface area (Å²) in [6.07, 6.45) is -3.11. The zero-order valence-electron chi connectivity index (χ0n) is 9.61. The van der Waals surface area contributed by atoms with Gasteiger partial charge in [0.15, 0.2) is 5.78 Å². The average Bonchev–Trinajstić information content (AvgIpc) is 2.35. The largest absolute Gasteiger partial charge is 0.394 e. The quantitative estimate of drug-likeness (QED) is 0.392. The van der Waals surface area contributed by atoms with Gasteiger partial charge in [0, 0.05) is 11.6 Å². The van der Waals surface area contributed by atoms with Crippen molar-refractivity contribution < 1.29 is 25.0 Å². The van der Waals surface area contributed by atoms with Crippen LogP contribution in [0.2, 0.25) is 0 Å². The Morgan fingerprint density at radius 2 is 2.06 bits per heavy atom. The molecule has 7 nitrogen and oxygen atoms in total. The van der Waals surface area contributed by atoms with Gasteiger partial charge in [0.1, 0.15) is 12.2 Å². The van der Waals surface area contributed by atoms with Crippen LogP contribution in [0.3, 0.4) is 0 Å². The third kappa shape index (κ3) is 2.89. The van der Waals surface area contributed by atoms with E-state index in [-0.39, 0.29) is 16.9 Å². The monoisotopic (exact) mass is 255 g/mol. The molecule has 0 bridgehead atoms. The Morgan fingerprint density at radius 1 is 1.44 bits per heavy atom. The first-order chi connectivity index (χ1) is 8.38. The fourth-order valence-corrected chi connectivity index (χ4v) is 1.48. The highest BCUT2D eigenvalue weighted by Crippen LogP contribution is 2.28. The third-order valence-electron chi connectivity index (χ3n) is 2.50. The second-order valence-corrected chi connectivity index (χ2v) is 3.78. The second-order valence-electron chi connectivity index (χ2n) is 3.78. The predicted octanol–water partition coefficient (Wildman–Crippen LogP) is 0.184. The van der Waals surface area contributed by atoms with E-state index in [2.05, 4.69) is 0 Å². The van der Waals surface area contributed by atoms with Crippen LogP contribution >= 0.6 is 0 Å². The third-order valence-corrected chi connectivity index (χ3v) is 2.50. The average molecular weight is 255 g/mol. The SMILES string of the molecule is CC(=O)c1ccc(C(O)C(O)CO)c([N+](=O)[O-])c1. The van der Waals surface area contributed by atoms with Gasteiger partial charge in [0.25, 0.3) is 5.69 Å². The van der Waals surface area contributed by atoms with Gasteiger partial charge in [-0.2, -0.15) is 0 Å². The van der Waals surface area contributed by atoms with Crippen LogP contribution in [0, 0.1) is 10.1 Å². The van der Waals surface area contributed by atoms with Crippen molar-refractivity contribution in [3.8, 4) is 0 Å². The van der Waals surface area contributed by atoms with Crippen molar-refractivity contribution in [1.82, 2.24) is 0 Å². The lowest BCUT2D eigenvalue weighted by Crippen LogP contribution is -2.23. The van der Waals surface area contributed by atoms with Gasteiger partial charge in [0.2, 0.25) is 0 Å². The van der Waals surface area contributed by atoms with Crippen LogP contribution in [0.1, 0.15) is 28.9 Å². The summed E-state index contributed by atoms with van der Waals surface area (Å²) in [6.45, 7) is 0.532. The number of carbonyl (C=O) groups excluding carboxylic acids is 1. The molecule has 0 saturated heterocycles. The lowest BCUT2D eigenvalue weighted by atomic mass is 9.99. The van der Waals surface area contributed by atoms with E-state index in [4.69, 9.17) is 5.11 Å². The van der Waals surface area contributed by atoms with Crippen LogP contribution in [0.4, 0.5) is 5.69 Å². The highest BCUT2D eigenvalue weighted by Gasteiger charge is 2.26. The molecule has 0 aliphatic carbocycles. The summed E-state index contributed by atoms with van der Waals surface area (Å²) in [6, 6.07) is 3.54. The van der Waals surface area contributed by atoms with Gasteiger partial charge in [-0.3, -0.25) is 14.9 Å². The molecule has 0 amide bonds. The summed E-state index contributed by atoms with van der Waals surface area (Å²) in [5.41, 5.74) is -0.481. The smallest absolute Gasteiger partial charge is 0.276 e. The van der Waals surface area contributed by atoms with Crippen LogP contribution in [0.5, 0.6) is 0 Å². The number of ketones is 1. The van der Waals surface area contributed by atoms with Crippen LogP contribution in [-0.2, 0) is 0 Å². The van der Waals surface area contributed by atoms with Crippen molar-refractivity contribution in [2.45, 2.75) is 19.1 Å². The zero-order valence-corrected chi connectivity index (χ0v) is 9.61. The zero-order chi connectivity index (χ0) is 13.9. The number of nitro groups is 1. The number of hydrogen-bond donors (Lipinski definition) is 3. The van der Waals surface area contributed by atoms with Crippen LogP contribution in [-0.4, -0.2) is 38.7 Å². The van der Waals surface area contributed by atoms with Crippen molar-refractivity contribution >= 4 is 11.5 Å². The molecule has 0 radical (unpaired) electrons. The number of nitro benzene ring substituents is 1. The molecule has 2 atom stereocenters. The van der Waals surface area contributed by atoms with Crippen molar-refractivity contribution in [3.63, 3.8) is 0 Å². The summed E-state index contributed by atoms with van der Waals surface area (Å²) in [5, 5.41) is 38.5. The molecule has 1 rings (SSSR count). The molecule has 0 fully saturated rings. The summed E-state index contributed by atoms with van der Waals surface area (Å²) in [4.78, 5) is 21.2. The number of rotatable bonds is 5. The van der Waals surface area contributed by atoms with E-state index in [9.17, 15) is 25.1 Å². The molecule has 0 aromatic heterocycles. The Balaban J connectivity index is 3.27. The molecular weight excluding hydrogens is 242 g/mol. The highest BCUT2D eigenvalue weighted by molar-refractivity contribution is 5.94. The van der Waals surface area contributed by atoms with Crippen molar-refractivity contribution in [2.75, 3.05) is 6.61 Å². The van der Waals surface area contributed by atoms with E-state index >= 15 is 0 Å². The molecule has 18 heavy (non-hydrogen) atoms. The van der Waals surface area contributed by atoms with Gasteiger partial charge in [-0.15, -0.1) is 0 Å². The second kappa shape index (κ2) is 5.67. The van der Waals surface area contributed by atoms with Gasteiger partial charge in [-0.05, 0) is 13.0 Å². The van der Waals surface area contributed by atoms with Gasteiger partial charge in [-0.1, -0.05) is 6.07 Å². The van der Waals surface area contributed by atoms with Gasteiger partial charge in [0.05, 0.1) is 17.1 Å². The van der Waals surface area contributed by atoms with E-state index in [0.29, 0.717) is 0 Å². The van der Waals surface area contributed by atoms with Gasteiger partial charge in [-0.25, -0.2) is 0 Å². The maximum absolute atomic E-state index is 11.1. The van der Waals surface area contributed by atoms with Gasteiger partial charge < -0.3 is 15.3 Å². The van der Waals surface area contributed by atoms with Crippen molar-refractivity contribution in [1.29, 1.82) is 0 Å². The Morgan fingerprint density at radius 3 is 2.50 bits per heavy atom. The first kappa shape index (κ1) is 14.2. The van der Waals surface area contributed by atoms with Crippen molar-refractivity contribution in [2.24, 2.45) is 0 Å². The number of carbonyl (C=O) groups is 1. The predicted molar refractivity (Wildman–Crippen MR) is 61.2 cm³/mol. The summed E-state index contributed by atoms with van der Waals surface area (Å²) in [7, 11) is 0. The minimum absolute atomic E-state index is 0.135. The van der Waals surface area contributed by atoms with Crippen molar-refractivity contribution in [3.05, 3.63) is 39.4 Å². The molecule has 0 aliphatic heterocycles. The lowest BCUT2D eigenvalue weighted by Gasteiger charge is -2.16. The first-order valence-corrected chi connectivity index (χ1v) is 5.14. The fourth-order valence-electron chi connectivity index (χ4n) is 1.48.